The van der Waals surface area contributed by atoms with E-state index in [2.05, 4.69) is 21.2 Å². The highest BCUT2D eigenvalue weighted by Gasteiger charge is 2.23. The van der Waals surface area contributed by atoms with E-state index in [-0.39, 0.29) is 11.9 Å². The number of nitrogens with one attached hydrogen (secondary N) is 1. The van der Waals surface area contributed by atoms with Crippen molar-refractivity contribution in [2.24, 2.45) is 0 Å². The lowest BCUT2D eigenvalue weighted by Gasteiger charge is -2.17. The van der Waals surface area contributed by atoms with Crippen LogP contribution in [0.4, 0.5) is 10.1 Å². The van der Waals surface area contributed by atoms with Crippen molar-refractivity contribution >= 4 is 21.6 Å². The van der Waals surface area contributed by atoms with Crippen LogP contribution in [0.25, 0.3) is 0 Å². The van der Waals surface area contributed by atoms with Crippen molar-refractivity contribution in [2.75, 3.05) is 11.9 Å². The molecule has 15 heavy (non-hydrogen) atoms. The lowest BCUT2D eigenvalue weighted by Crippen LogP contribution is -2.26. The highest BCUT2D eigenvalue weighted by molar-refractivity contribution is 9.10. The van der Waals surface area contributed by atoms with E-state index >= 15 is 0 Å². The predicted molar refractivity (Wildman–Crippen MR) is 61.5 cm³/mol. The first kappa shape index (κ1) is 10.9. The molecular weight excluding hydrogens is 261 g/mol. The summed E-state index contributed by atoms with van der Waals surface area (Å²) in [7, 11) is 0. The molecule has 82 valence electrons. The van der Waals surface area contributed by atoms with Crippen LogP contribution in [-0.2, 0) is 4.74 Å². The molecule has 1 saturated heterocycles. The summed E-state index contributed by atoms with van der Waals surface area (Å²) in [6.45, 7) is 2.84. The molecule has 1 aromatic rings. The molecule has 2 nitrogen and oxygen atoms in total. The minimum Gasteiger partial charge on any atom is -0.380 e. The predicted octanol–water partition coefficient (Wildman–Crippen LogP) is 3.18. The van der Waals surface area contributed by atoms with Crippen molar-refractivity contribution in [1.82, 2.24) is 0 Å². The maximum absolute atomic E-state index is 13.0. The quantitative estimate of drug-likeness (QED) is 0.894. The molecule has 1 N–H and O–H groups in total. The van der Waals surface area contributed by atoms with Crippen LogP contribution in [0, 0.1) is 5.82 Å². The summed E-state index contributed by atoms with van der Waals surface area (Å²) >= 11 is 3.16. The topological polar surface area (TPSA) is 21.3 Å². The summed E-state index contributed by atoms with van der Waals surface area (Å²) in [5.74, 6) is -0.240. The molecule has 0 saturated carbocycles. The van der Waals surface area contributed by atoms with Crippen LogP contribution in [0.2, 0.25) is 0 Å². The fourth-order valence-corrected chi connectivity index (χ4v) is 2.10. The van der Waals surface area contributed by atoms with Crippen LogP contribution < -0.4 is 5.32 Å². The van der Waals surface area contributed by atoms with Crippen molar-refractivity contribution in [3.05, 3.63) is 28.5 Å². The highest BCUT2D eigenvalue weighted by Crippen LogP contribution is 2.23. The second kappa shape index (κ2) is 4.49. The fraction of sp³-hybridized carbons (Fsp3) is 0.455. The van der Waals surface area contributed by atoms with Gasteiger partial charge in [0.1, 0.15) is 5.82 Å². The number of halogens is 2. The van der Waals surface area contributed by atoms with Gasteiger partial charge in [-0.05, 0) is 47.5 Å². The smallest absolute Gasteiger partial charge is 0.137 e. The normalized spacial score (nSPS) is 25.5. The number of hydrogen-bond donors (Lipinski definition) is 1. The molecule has 0 unspecified atom stereocenters. The second-order valence-corrected chi connectivity index (χ2v) is 4.60. The number of hydrogen-bond acceptors (Lipinski definition) is 2. The molecule has 0 aliphatic carbocycles. The molecule has 0 amide bonds. The van der Waals surface area contributed by atoms with Crippen LogP contribution in [-0.4, -0.2) is 18.8 Å². The highest BCUT2D eigenvalue weighted by atomic mass is 79.9. The number of rotatable bonds is 2. The summed E-state index contributed by atoms with van der Waals surface area (Å²) in [6.07, 6.45) is 1.21. The largest absolute Gasteiger partial charge is 0.380 e. The van der Waals surface area contributed by atoms with Crippen molar-refractivity contribution in [2.45, 2.75) is 25.5 Å². The Balaban J connectivity index is 2.07. The van der Waals surface area contributed by atoms with Crippen LogP contribution in [0.3, 0.4) is 0 Å². The molecule has 0 bridgehead atoms. The van der Waals surface area contributed by atoms with Gasteiger partial charge in [0.05, 0.1) is 16.6 Å². The number of ether oxygens (including phenoxy) is 1. The molecule has 2 rings (SSSR count). The monoisotopic (exact) mass is 273 g/mol. The van der Waals surface area contributed by atoms with Gasteiger partial charge in [-0.1, -0.05) is 0 Å². The minimum atomic E-state index is -0.240. The maximum Gasteiger partial charge on any atom is 0.137 e. The second-order valence-electron chi connectivity index (χ2n) is 3.74. The van der Waals surface area contributed by atoms with Gasteiger partial charge in [-0.3, -0.25) is 0 Å². The molecule has 1 aliphatic heterocycles. The van der Waals surface area contributed by atoms with Gasteiger partial charge in [-0.2, -0.15) is 0 Å². The fourth-order valence-electron chi connectivity index (χ4n) is 1.72. The molecule has 0 aromatic heterocycles. The minimum absolute atomic E-state index is 0.217. The first-order valence-electron chi connectivity index (χ1n) is 5.00. The molecular formula is C11H13BrFNO. The molecule has 4 heteroatoms. The van der Waals surface area contributed by atoms with Gasteiger partial charge in [0.2, 0.25) is 0 Å². The van der Waals surface area contributed by atoms with Gasteiger partial charge in [0.25, 0.3) is 0 Å². The number of anilines is 1. The SMILES string of the molecule is C[C@H]1OCC[C@H]1Nc1ccc(F)c(Br)c1. The van der Waals surface area contributed by atoms with E-state index in [1.54, 1.807) is 12.1 Å². The van der Waals surface area contributed by atoms with E-state index in [9.17, 15) is 4.39 Å². The average molecular weight is 274 g/mol. The Kier molecular flexibility index (Phi) is 3.26. The van der Waals surface area contributed by atoms with Gasteiger partial charge < -0.3 is 10.1 Å². The maximum atomic E-state index is 13.0. The van der Waals surface area contributed by atoms with Crippen LogP contribution in [0.1, 0.15) is 13.3 Å². The van der Waals surface area contributed by atoms with Crippen molar-refractivity contribution in [3.8, 4) is 0 Å². The Hall–Kier alpha value is -0.610. The zero-order valence-corrected chi connectivity index (χ0v) is 10.1. The Morgan fingerprint density at radius 2 is 2.33 bits per heavy atom. The summed E-state index contributed by atoms with van der Waals surface area (Å²) in [6, 6.07) is 5.26. The zero-order chi connectivity index (χ0) is 10.8. The van der Waals surface area contributed by atoms with E-state index in [1.165, 1.54) is 6.07 Å². The van der Waals surface area contributed by atoms with Crippen molar-refractivity contribution in [3.63, 3.8) is 0 Å². The van der Waals surface area contributed by atoms with Crippen molar-refractivity contribution < 1.29 is 9.13 Å². The molecule has 1 aliphatic rings. The summed E-state index contributed by atoms with van der Waals surface area (Å²) in [5.41, 5.74) is 0.922. The Morgan fingerprint density at radius 1 is 1.53 bits per heavy atom. The summed E-state index contributed by atoms with van der Waals surface area (Å²) < 4.78 is 18.9. The number of benzene rings is 1. The third-order valence-corrected chi connectivity index (χ3v) is 3.26. The van der Waals surface area contributed by atoms with E-state index < -0.39 is 0 Å². The molecule has 1 aromatic carbocycles. The lowest BCUT2D eigenvalue weighted by atomic mass is 10.1. The molecule has 0 spiro atoms. The van der Waals surface area contributed by atoms with Gasteiger partial charge in [-0.25, -0.2) is 4.39 Å². The van der Waals surface area contributed by atoms with E-state index in [0.29, 0.717) is 10.5 Å². The molecule has 0 radical (unpaired) electrons. The van der Waals surface area contributed by atoms with Gasteiger partial charge in [0, 0.05) is 12.3 Å². The lowest BCUT2D eigenvalue weighted by molar-refractivity contribution is 0.121. The third kappa shape index (κ3) is 2.49. The van der Waals surface area contributed by atoms with Gasteiger partial charge in [-0.15, -0.1) is 0 Å². The molecule has 2 atom stereocenters. The third-order valence-electron chi connectivity index (χ3n) is 2.65. The standard InChI is InChI=1S/C11H13BrFNO/c1-7-11(4-5-15-7)14-8-2-3-10(13)9(12)6-8/h2-3,6-7,11,14H,4-5H2,1H3/t7-,11-/m1/s1. The van der Waals surface area contributed by atoms with Gasteiger partial charge in [0.15, 0.2) is 0 Å². The summed E-state index contributed by atoms with van der Waals surface area (Å²) in [4.78, 5) is 0. The first-order chi connectivity index (χ1) is 7.16. The average Bonchev–Trinajstić information content (AvgIpc) is 2.59. The van der Waals surface area contributed by atoms with Crippen LogP contribution in [0.5, 0.6) is 0 Å². The zero-order valence-electron chi connectivity index (χ0n) is 8.47. The molecule has 1 heterocycles. The Bertz CT molecular complexity index is 358. The van der Waals surface area contributed by atoms with E-state index in [4.69, 9.17) is 4.74 Å². The van der Waals surface area contributed by atoms with Crippen LogP contribution in [0.15, 0.2) is 22.7 Å². The summed E-state index contributed by atoms with van der Waals surface area (Å²) in [5, 5.41) is 3.34. The first-order valence-corrected chi connectivity index (χ1v) is 5.79. The van der Waals surface area contributed by atoms with E-state index in [0.717, 1.165) is 18.7 Å². The Morgan fingerprint density at radius 3 is 2.93 bits per heavy atom. The Labute approximate surface area is 96.9 Å². The van der Waals surface area contributed by atoms with Crippen molar-refractivity contribution in [1.29, 1.82) is 0 Å². The molecule has 1 fully saturated rings. The van der Waals surface area contributed by atoms with Crippen LogP contribution >= 0.6 is 15.9 Å². The van der Waals surface area contributed by atoms with E-state index in [1.807, 2.05) is 6.92 Å². The van der Waals surface area contributed by atoms with Gasteiger partial charge >= 0.3 is 0 Å².